The molecule has 0 amide bonds. The van der Waals surface area contributed by atoms with Crippen molar-refractivity contribution in [1.82, 2.24) is 0 Å². The molecular formula is C9H14O3S. The van der Waals surface area contributed by atoms with Gasteiger partial charge in [-0.05, 0) is 6.42 Å². The van der Waals surface area contributed by atoms with Gasteiger partial charge < -0.3 is 8.37 Å². The van der Waals surface area contributed by atoms with Crippen LogP contribution in [0.2, 0.25) is 0 Å². The zero-order chi connectivity index (χ0) is 9.85. The molecule has 2 aliphatic rings. The maximum atomic E-state index is 11.1. The van der Waals surface area contributed by atoms with E-state index >= 15 is 0 Å². The molecule has 0 aromatic heterocycles. The van der Waals surface area contributed by atoms with Gasteiger partial charge in [0.1, 0.15) is 0 Å². The van der Waals surface area contributed by atoms with Gasteiger partial charge in [0.2, 0.25) is 0 Å². The zero-order valence-corrected chi connectivity index (χ0v) is 9.16. The molecule has 0 atom stereocenters. The van der Waals surface area contributed by atoms with Gasteiger partial charge in [-0.1, -0.05) is 27.7 Å². The minimum atomic E-state index is -1.60. The molecule has 1 aliphatic heterocycles. The fraction of sp³-hybridized carbons (Fsp3) is 0.778. The van der Waals surface area contributed by atoms with Gasteiger partial charge in [0, 0.05) is 10.8 Å². The Hall–Kier alpha value is -0.510. The van der Waals surface area contributed by atoms with E-state index in [9.17, 15) is 4.21 Å². The minimum Gasteiger partial charge on any atom is -0.371 e. The predicted molar refractivity (Wildman–Crippen MR) is 49.5 cm³/mol. The highest BCUT2D eigenvalue weighted by Crippen LogP contribution is 2.56. The Morgan fingerprint density at radius 1 is 1.08 bits per heavy atom. The molecule has 4 heteroatoms. The first-order valence-electron chi connectivity index (χ1n) is 4.37. The molecule has 1 aliphatic carbocycles. The summed E-state index contributed by atoms with van der Waals surface area (Å²) in [5.74, 6) is 1.55. The third-order valence-electron chi connectivity index (χ3n) is 2.62. The van der Waals surface area contributed by atoms with Crippen molar-refractivity contribution in [2.45, 2.75) is 34.1 Å². The third kappa shape index (κ3) is 1.19. The molecule has 0 bridgehead atoms. The molecule has 1 heterocycles. The standard InChI is InChI=1S/C9H14O3S/c1-8(2)5-9(3,4)7-6(8)11-13(10)12-7/h5H2,1-4H3. The number of hydrogen-bond donors (Lipinski definition) is 0. The van der Waals surface area contributed by atoms with Crippen molar-refractivity contribution in [3.05, 3.63) is 11.5 Å². The topological polar surface area (TPSA) is 35.5 Å². The van der Waals surface area contributed by atoms with Gasteiger partial charge in [-0.2, -0.15) is 4.21 Å². The second-order valence-corrected chi connectivity index (χ2v) is 5.72. The lowest BCUT2D eigenvalue weighted by molar-refractivity contribution is 0.221. The van der Waals surface area contributed by atoms with E-state index in [-0.39, 0.29) is 10.8 Å². The lowest BCUT2D eigenvalue weighted by atomic mass is 9.82. The second kappa shape index (κ2) is 2.29. The fourth-order valence-electron chi connectivity index (χ4n) is 2.33. The summed E-state index contributed by atoms with van der Waals surface area (Å²) in [7, 11) is 0. The highest BCUT2D eigenvalue weighted by atomic mass is 32.2. The number of allylic oxidation sites excluding steroid dienone is 2. The van der Waals surface area contributed by atoms with Crippen molar-refractivity contribution in [3.8, 4) is 0 Å². The van der Waals surface area contributed by atoms with Gasteiger partial charge in [-0.3, -0.25) is 0 Å². The monoisotopic (exact) mass is 202 g/mol. The van der Waals surface area contributed by atoms with E-state index in [4.69, 9.17) is 8.37 Å². The number of rotatable bonds is 0. The van der Waals surface area contributed by atoms with Crippen LogP contribution in [0, 0.1) is 10.8 Å². The van der Waals surface area contributed by atoms with Crippen molar-refractivity contribution in [2.24, 2.45) is 10.8 Å². The van der Waals surface area contributed by atoms with Crippen LogP contribution in [0.4, 0.5) is 0 Å². The van der Waals surface area contributed by atoms with E-state index in [0.717, 1.165) is 17.9 Å². The maximum absolute atomic E-state index is 11.1. The summed E-state index contributed by atoms with van der Waals surface area (Å²) in [5, 5.41) is 0. The van der Waals surface area contributed by atoms with Crippen LogP contribution in [0.3, 0.4) is 0 Å². The SMILES string of the molecule is CC1(C)CC(C)(C)C2=C1OS(=O)O2. The molecule has 0 fully saturated rings. The summed E-state index contributed by atoms with van der Waals surface area (Å²) in [5.41, 5.74) is -0.101. The third-order valence-corrected chi connectivity index (χ3v) is 3.23. The summed E-state index contributed by atoms with van der Waals surface area (Å²) in [4.78, 5) is 0. The Kier molecular flexibility index (Phi) is 1.60. The number of hydrogen-bond acceptors (Lipinski definition) is 3. The van der Waals surface area contributed by atoms with E-state index < -0.39 is 11.4 Å². The first-order chi connectivity index (χ1) is 5.83. The second-order valence-electron chi connectivity index (χ2n) is 4.97. The van der Waals surface area contributed by atoms with Gasteiger partial charge in [0.15, 0.2) is 11.5 Å². The Morgan fingerprint density at radius 2 is 1.46 bits per heavy atom. The molecule has 0 unspecified atom stereocenters. The van der Waals surface area contributed by atoms with Crippen molar-refractivity contribution >= 4 is 11.4 Å². The predicted octanol–water partition coefficient (Wildman–Crippen LogP) is 2.28. The summed E-state index contributed by atoms with van der Waals surface area (Å²) < 4.78 is 21.4. The van der Waals surface area contributed by atoms with E-state index in [1.807, 2.05) is 0 Å². The quantitative estimate of drug-likeness (QED) is 0.604. The van der Waals surface area contributed by atoms with E-state index in [2.05, 4.69) is 27.7 Å². The Balaban J connectivity index is 2.45. The minimum absolute atomic E-state index is 0.0506. The molecular weight excluding hydrogens is 188 g/mol. The average molecular weight is 202 g/mol. The van der Waals surface area contributed by atoms with Crippen LogP contribution in [0.25, 0.3) is 0 Å². The summed E-state index contributed by atoms with van der Waals surface area (Å²) in [6.45, 7) is 8.35. The van der Waals surface area contributed by atoms with Gasteiger partial charge in [-0.15, -0.1) is 0 Å². The van der Waals surface area contributed by atoms with Crippen molar-refractivity contribution in [3.63, 3.8) is 0 Å². The molecule has 13 heavy (non-hydrogen) atoms. The smallest absolute Gasteiger partial charge is 0.371 e. The van der Waals surface area contributed by atoms with E-state index in [1.54, 1.807) is 0 Å². The molecule has 0 aromatic rings. The molecule has 2 rings (SSSR count). The van der Waals surface area contributed by atoms with E-state index in [0.29, 0.717) is 0 Å². The first-order valence-corrected chi connectivity index (χ1v) is 5.37. The van der Waals surface area contributed by atoms with E-state index in [1.165, 1.54) is 0 Å². The van der Waals surface area contributed by atoms with Crippen molar-refractivity contribution < 1.29 is 12.6 Å². The van der Waals surface area contributed by atoms with Gasteiger partial charge in [0.05, 0.1) is 0 Å². The maximum Gasteiger partial charge on any atom is 0.417 e. The average Bonchev–Trinajstić information content (AvgIpc) is 2.34. The van der Waals surface area contributed by atoms with Crippen LogP contribution in [-0.2, 0) is 19.7 Å². The summed E-state index contributed by atoms with van der Waals surface area (Å²) >= 11 is -1.60. The first kappa shape index (κ1) is 9.06. The van der Waals surface area contributed by atoms with Gasteiger partial charge >= 0.3 is 11.4 Å². The largest absolute Gasteiger partial charge is 0.417 e. The molecule has 0 N–H and O–H groups in total. The highest BCUT2D eigenvalue weighted by Gasteiger charge is 2.52. The normalized spacial score (nSPS) is 29.8. The van der Waals surface area contributed by atoms with Crippen LogP contribution in [0.15, 0.2) is 11.5 Å². The van der Waals surface area contributed by atoms with Gasteiger partial charge in [-0.25, -0.2) is 0 Å². The van der Waals surface area contributed by atoms with Crippen LogP contribution in [-0.4, -0.2) is 4.21 Å². The summed E-state index contributed by atoms with van der Waals surface area (Å²) in [6, 6.07) is 0. The van der Waals surface area contributed by atoms with Gasteiger partial charge in [0.25, 0.3) is 0 Å². The molecule has 0 saturated heterocycles. The fourth-order valence-corrected chi connectivity index (χ4v) is 3.24. The Morgan fingerprint density at radius 3 is 1.85 bits per heavy atom. The molecule has 74 valence electrons. The molecule has 0 radical (unpaired) electrons. The van der Waals surface area contributed by atoms with Crippen LogP contribution in [0.1, 0.15) is 34.1 Å². The van der Waals surface area contributed by atoms with Crippen molar-refractivity contribution in [1.29, 1.82) is 0 Å². The molecule has 0 saturated carbocycles. The summed E-state index contributed by atoms with van der Waals surface area (Å²) in [6.07, 6.45) is 0.974. The Labute approximate surface area is 81.0 Å². The van der Waals surface area contributed by atoms with Crippen molar-refractivity contribution in [2.75, 3.05) is 0 Å². The lowest BCUT2D eigenvalue weighted by Crippen LogP contribution is -2.19. The van der Waals surface area contributed by atoms with Crippen LogP contribution < -0.4 is 0 Å². The lowest BCUT2D eigenvalue weighted by Gasteiger charge is -2.24. The molecule has 0 spiro atoms. The molecule has 3 nitrogen and oxygen atoms in total. The highest BCUT2D eigenvalue weighted by molar-refractivity contribution is 7.75. The van der Waals surface area contributed by atoms with Crippen LogP contribution in [0.5, 0.6) is 0 Å². The van der Waals surface area contributed by atoms with Crippen LogP contribution >= 0.6 is 0 Å². The molecule has 0 aromatic carbocycles. The Bertz CT molecular complexity index is 287. The zero-order valence-electron chi connectivity index (χ0n) is 8.34.